The summed E-state index contributed by atoms with van der Waals surface area (Å²) in [5.74, 6) is 0. The Morgan fingerprint density at radius 2 is 1.76 bits per heavy atom. The number of carbonyl (C=O) groups excluding carboxylic acids is 1. The Hall–Kier alpha value is -1.54. The van der Waals surface area contributed by atoms with Crippen LogP contribution in [0.3, 0.4) is 0 Å². The van der Waals surface area contributed by atoms with E-state index in [0.29, 0.717) is 0 Å². The first-order valence-electron chi connectivity index (χ1n) is 5.49. The van der Waals surface area contributed by atoms with Crippen molar-refractivity contribution in [3.05, 3.63) is 59.2 Å². The van der Waals surface area contributed by atoms with E-state index >= 15 is 0 Å². The lowest BCUT2D eigenvalue weighted by atomic mass is 10.2. The summed E-state index contributed by atoms with van der Waals surface area (Å²) in [4.78, 5) is 13.2. The molecule has 0 heterocycles. The highest BCUT2D eigenvalue weighted by molar-refractivity contribution is 7.99. The number of aldehydes is 1. The van der Waals surface area contributed by atoms with Crippen molar-refractivity contribution in [2.24, 2.45) is 0 Å². The van der Waals surface area contributed by atoms with Crippen molar-refractivity contribution in [1.29, 1.82) is 0 Å². The van der Waals surface area contributed by atoms with Crippen molar-refractivity contribution in [2.75, 3.05) is 0 Å². The molecule has 0 saturated heterocycles. The van der Waals surface area contributed by atoms with E-state index in [1.807, 2.05) is 31.2 Å². The number of rotatable bonds is 3. The van der Waals surface area contributed by atoms with Crippen molar-refractivity contribution in [2.45, 2.75) is 23.6 Å². The molecule has 0 aliphatic rings. The minimum absolute atomic E-state index is 0.761. The fraction of sp³-hybridized carbons (Fsp3) is 0.133. The lowest BCUT2D eigenvalue weighted by molar-refractivity contribution is 0.112. The minimum Gasteiger partial charge on any atom is -0.298 e. The van der Waals surface area contributed by atoms with Gasteiger partial charge in [0.05, 0.1) is 0 Å². The molecule has 0 amide bonds. The van der Waals surface area contributed by atoms with Gasteiger partial charge in [-0.1, -0.05) is 41.1 Å². The minimum atomic E-state index is 0.761. The molecule has 0 N–H and O–H groups in total. The van der Waals surface area contributed by atoms with Gasteiger partial charge in [-0.2, -0.15) is 0 Å². The van der Waals surface area contributed by atoms with Crippen LogP contribution in [0.1, 0.15) is 21.5 Å². The smallest absolute Gasteiger partial charge is 0.151 e. The van der Waals surface area contributed by atoms with E-state index in [-0.39, 0.29) is 0 Å². The normalized spacial score (nSPS) is 10.2. The molecule has 2 heteroatoms. The van der Waals surface area contributed by atoms with Crippen LogP contribution in [0.4, 0.5) is 0 Å². The molecule has 0 fully saturated rings. The van der Waals surface area contributed by atoms with Crippen LogP contribution in [-0.4, -0.2) is 6.29 Å². The van der Waals surface area contributed by atoms with Crippen LogP contribution in [0.15, 0.2) is 52.3 Å². The van der Waals surface area contributed by atoms with Crippen LogP contribution in [0.2, 0.25) is 0 Å². The van der Waals surface area contributed by atoms with Gasteiger partial charge in [-0.25, -0.2) is 0 Å². The average molecular weight is 242 g/mol. The van der Waals surface area contributed by atoms with E-state index in [1.54, 1.807) is 11.8 Å². The van der Waals surface area contributed by atoms with Crippen LogP contribution in [-0.2, 0) is 0 Å². The van der Waals surface area contributed by atoms with Gasteiger partial charge < -0.3 is 0 Å². The molecule has 0 bridgehead atoms. The maximum Gasteiger partial charge on any atom is 0.151 e. The fourth-order valence-electron chi connectivity index (χ4n) is 1.66. The third kappa shape index (κ3) is 2.98. The number of carbonyl (C=O) groups is 1. The van der Waals surface area contributed by atoms with Crippen molar-refractivity contribution in [3.63, 3.8) is 0 Å². The van der Waals surface area contributed by atoms with Gasteiger partial charge in [0.2, 0.25) is 0 Å². The molecule has 1 nitrogen and oxygen atoms in total. The Kier molecular flexibility index (Phi) is 3.64. The summed E-state index contributed by atoms with van der Waals surface area (Å²) in [6.07, 6.45) is 0.922. The van der Waals surface area contributed by atoms with Crippen molar-refractivity contribution in [1.82, 2.24) is 0 Å². The van der Waals surface area contributed by atoms with Crippen LogP contribution >= 0.6 is 11.8 Å². The summed E-state index contributed by atoms with van der Waals surface area (Å²) in [6, 6.07) is 14.2. The topological polar surface area (TPSA) is 17.1 Å². The molecule has 0 atom stereocenters. The molecule has 86 valence electrons. The molecule has 0 saturated carbocycles. The lowest BCUT2D eigenvalue weighted by Gasteiger charge is -2.06. The Morgan fingerprint density at radius 1 is 1.00 bits per heavy atom. The van der Waals surface area contributed by atoms with E-state index in [1.165, 1.54) is 5.56 Å². The molecular weight excluding hydrogens is 228 g/mol. The van der Waals surface area contributed by atoms with Crippen LogP contribution < -0.4 is 0 Å². The quantitative estimate of drug-likeness (QED) is 0.748. The second kappa shape index (κ2) is 5.19. The zero-order chi connectivity index (χ0) is 12.3. The summed E-state index contributed by atoms with van der Waals surface area (Å²) in [7, 11) is 0. The molecule has 2 rings (SSSR count). The van der Waals surface area contributed by atoms with E-state index in [2.05, 4.69) is 25.1 Å². The summed E-state index contributed by atoms with van der Waals surface area (Å²) in [6.45, 7) is 4.06. The molecule has 2 aromatic carbocycles. The average Bonchev–Trinajstić information content (AvgIpc) is 2.31. The molecule has 0 aliphatic carbocycles. The van der Waals surface area contributed by atoms with Gasteiger partial charge in [0.25, 0.3) is 0 Å². The third-order valence-corrected chi connectivity index (χ3v) is 3.59. The second-order valence-corrected chi connectivity index (χ2v) is 5.19. The molecule has 0 unspecified atom stereocenters. The Morgan fingerprint density at radius 3 is 2.47 bits per heavy atom. The Labute approximate surface area is 106 Å². The summed E-state index contributed by atoms with van der Waals surface area (Å²) in [5, 5.41) is 0. The molecule has 17 heavy (non-hydrogen) atoms. The first-order chi connectivity index (χ1) is 8.19. The van der Waals surface area contributed by atoms with Crippen molar-refractivity contribution in [3.8, 4) is 0 Å². The lowest BCUT2D eigenvalue weighted by Crippen LogP contribution is -1.86. The second-order valence-electron chi connectivity index (χ2n) is 4.08. The van der Waals surface area contributed by atoms with Gasteiger partial charge in [-0.3, -0.25) is 4.79 Å². The molecule has 0 spiro atoms. The first-order valence-corrected chi connectivity index (χ1v) is 6.31. The van der Waals surface area contributed by atoms with Gasteiger partial charge >= 0.3 is 0 Å². The number of aryl methyl sites for hydroxylation is 2. The highest BCUT2D eigenvalue weighted by Gasteiger charge is 2.04. The zero-order valence-corrected chi connectivity index (χ0v) is 10.8. The van der Waals surface area contributed by atoms with Crippen LogP contribution in [0, 0.1) is 13.8 Å². The third-order valence-electron chi connectivity index (χ3n) is 2.51. The van der Waals surface area contributed by atoms with E-state index in [9.17, 15) is 4.79 Å². The van der Waals surface area contributed by atoms with E-state index in [4.69, 9.17) is 0 Å². The summed E-state index contributed by atoms with van der Waals surface area (Å²) >= 11 is 1.63. The number of benzene rings is 2. The highest BCUT2D eigenvalue weighted by Crippen LogP contribution is 2.30. The standard InChI is InChI=1S/C15H14OS/c1-11-4-3-5-14(9-11)17-15-7-6-12(2)8-13(15)10-16/h3-10H,1-2H3. The van der Waals surface area contributed by atoms with Gasteiger partial charge in [0, 0.05) is 15.4 Å². The monoisotopic (exact) mass is 242 g/mol. The molecule has 0 aliphatic heterocycles. The van der Waals surface area contributed by atoms with Gasteiger partial charge in [0.15, 0.2) is 6.29 Å². The largest absolute Gasteiger partial charge is 0.298 e. The van der Waals surface area contributed by atoms with E-state index < -0.39 is 0 Å². The van der Waals surface area contributed by atoms with E-state index in [0.717, 1.165) is 27.2 Å². The zero-order valence-electron chi connectivity index (χ0n) is 9.94. The van der Waals surface area contributed by atoms with Gasteiger partial charge in [0.1, 0.15) is 0 Å². The predicted octanol–water partition coefficient (Wildman–Crippen LogP) is 4.27. The van der Waals surface area contributed by atoms with Crippen LogP contribution in [0.5, 0.6) is 0 Å². The fourth-order valence-corrected chi connectivity index (χ4v) is 2.67. The van der Waals surface area contributed by atoms with Crippen LogP contribution in [0.25, 0.3) is 0 Å². The molecular formula is C15H14OS. The first kappa shape index (κ1) is 11.9. The maximum atomic E-state index is 11.0. The predicted molar refractivity (Wildman–Crippen MR) is 71.9 cm³/mol. The van der Waals surface area contributed by atoms with Crippen molar-refractivity contribution < 1.29 is 4.79 Å². The molecule has 0 aromatic heterocycles. The highest BCUT2D eigenvalue weighted by atomic mass is 32.2. The van der Waals surface area contributed by atoms with Gasteiger partial charge in [-0.15, -0.1) is 0 Å². The summed E-state index contributed by atoms with van der Waals surface area (Å²) in [5.41, 5.74) is 3.10. The number of hydrogen-bond acceptors (Lipinski definition) is 2. The Bertz CT molecular complexity index is 546. The summed E-state index contributed by atoms with van der Waals surface area (Å²) < 4.78 is 0. The SMILES string of the molecule is Cc1cccc(Sc2ccc(C)cc2C=O)c1. The molecule has 0 radical (unpaired) electrons. The van der Waals surface area contributed by atoms with Gasteiger partial charge in [-0.05, 0) is 38.1 Å². The molecule has 2 aromatic rings. The maximum absolute atomic E-state index is 11.0. The Balaban J connectivity index is 2.32. The van der Waals surface area contributed by atoms with Crippen molar-refractivity contribution >= 4 is 18.0 Å². The number of hydrogen-bond donors (Lipinski definition) is 0.